The number of likely N-dealkylation sites (N-methyl/N-ethyl adjacent to an activating group) is 1. The van der Waals surface area contributed by atoms with Crippen LogP contribution in [0, 0.1) is 0 Å². The summed E-state index contributed by atoms with van der Waals surface area (Å²) < 4.78 is 0. The minimum Gasteiger partial charge on any atom is -0.372 e. The number of nitrogens with zero attached hydrogens (tertiary/aromatic N) is 1. The summed E-state index contributed by atoms with van der Waals surface area (Å²) in [6.45, 7) is 9.40. The van der Waals surface area contributed by atoms with E-state index in [1.165, 1.54) is 18.5 Å². The Morgan fingerprint density at radius 2 is 1.68 bits per heavy atom. The van der Waals surface area contributed by atoms with Gasteiger partial charge in [-0.1, -0.05) is 0 Å². The van der Waals surface area contributed by atoms with Crippen molar-refractivity contribution in [2.75, 3.05) is 42.9 Å². The second kappa shape index (κ2) is 9.42. The van der Waals surface area contributed by atoms with Crippen LogP contribution in [0.1, 0.15) is 33.6 Å². The maximum Gasteiger partial charge on any atom is 0.279 e. The third kappa shape index (κ3) is 6.38. The van der Waals surface area contributed by atoms with Gasteiger partial charge in [0.05, 0.1) is 6.54 Å². The molecule has 1 heterocycles. The van der Waals surface area contributed by atoms with E-state index < -0.39 is 0 Å². The Morgan fingerprint density at radius 3 is 2.24 bits per heavy atom. The van der Waals surface area contributed by atoms with Gasteiger partial charge in [0.1, 0.15) is 0 Å². The van der Waals surface area contributed by atoms with Crippen molar-refractivity contribution in [3.8, 4) is 0 Å². The number of anilines is 2. The molecule has 6 heteroatoms. The molecule has 2 amide bonds. The first-order valence-electron chi connectivity index (χ1n) is 9.25. The molecule has 0 aromatic heterocycles. The van der Waals surface area contributed by atoms with E-state index in [-0.39, 0.29) is 24.4 Å². The van der Waals surface area contributed by atoms with Crippen LogP contribution in [0.15, 0.2) is 24.3 Å². The highest BCUT2D eigenvalue weighted by Crippen LogP contribution is 2.21. The third-order valence-corrected chi connectivity index (χ3v) is 4.39. The van der Waals surface area contributed by atoms with Crippen LogP contribution in [-0.2, 0) is 9.59 Å². The Balaban J connectivity index is 1.82. The van der Waals surface area contributed by atoms with Crippen molar-refractivity contribution < 1.29 is 14.5 Å². The normalized spacial score (nSPS) is 15.3. The lowest BCUT2D eigenvalue weighted by Crippen LogP contribution is -3.14. The lowest BCUT2D eigenvalue weighted by Gasteiger charge is -2.19. The smallest absolute Gasteiger partial charge is 0.279 e. The summed E-state index contributed by atoms with van der Waals surface area (Å²) in [6.07, 6.45) is 2.50. The van der Waals surface area contributed by atoms with Gasteiger partial charge in [0, 0.05) is 30.5 Å². The Morgan fingerprint density at radius 1 is 1.08 bits per heavy atom. The molecular weight excluding hydrogens is 316 g/mol. The van der Waals surface area contributed by atoms with Gasteiger partial charge in [0.2, 0.25) is 0 Å². The maximum absolute atomic E-state index is 12.3. The fraction of sp³-hybridized carbons (Fsp3) is 0.579. The van der Waals surface area contributed by atoms with Gasteiger partial charge >= 0.3 is 0 Å². The van der Waals surface area contributed by atoms with Gasteiger partial charge in [-0.25, -0.2) is 0 Å². The summed E-state index contributed by atoms with van der Waals surface area (Å²) in [7, 11) is 0. The molecule has 1 saturated heterocycles. The molecule has 1 aliphatic heterocycles. The third-order valence-electron chi connectivity index (χ3n) is 4.39. The van der Waals surface area contributed by atoms with Crippen molar-refractivity contribution in [3.05, 3.63) is 24.3 Å². The Kier molecular flexibility index (Phi) is 7.25. The van der Waals surface area contributed by atoms with Crippen molar-refractivity contribution >= 4 is 23.2 Å². The fourth-order valence-electron chi connectivity index (χ4n) is 3.08. The molecule has 25 heavy (non-hydrogen) atoms. The molecule has 2 rings (SSSR count). The summed E-state index contributed by atoms with van der Waals surface area (Å²) in [5.41, 5.74) is 2.01. The van der Waals surface area contributed by atoms with Gasteiger partial charge < -0.3 is 20.4 Å². The average Bonchev–Trinajstić information content (AvgIpc) is 3.08. The van der Waals surface area contributed by atoms with Crippen LogP contribution < -0.4 is 20.4 Å². The SMILES string of the molecule is CC[NH+](CC(=O)Nc1ccc(N2CCCC2)cc1)CC(=O)NC(C)C. The fourth-order valence-corrected chi connectivity index (χ4v) is 3.08. The number of carbonyl (C=O) groups excluding carboxylic acids is 2. The monoisotopic (exact) mass is 347 g/mol. The van der Waals surface area contributed by atoms with E-state index in [1.54, 1.807) is 0 Å². The van der Waals surface area contributed by atoms with E-state index in [9.17, 15) is 9.59 Å². The van der Waals surface area contributed by atoms with E-state index in [4.69, 9.17) is 0 Å². The lowest BCUT2D eigenvalue weighted by atomic mass is 10.2. The average molecular weight is 347 g/mol. The van der Waals surface area contributed by atoms with E-state index >= 15 is 0 Å². The lowest BCUT2D eigenvalue weighted by molar-refractivity contribution is -0.881. The number of nitrogens with one attached hydrogen (secondary N) is 3. The number of hydrogen-bond donors (Lipinski definition) is 3. The van der Waals surface area contributed by atoms with Crippen LogP contribution in [0.3, 0.4) is 0 Å². The quantitative estimate of drug-likeness (QED) is 0.647. The number of hydrogen-bond acceptors (Lipinski definition) is 3. The van der Waals surface area contributed by atoms with E-state index in [0.29, 0.717) is 6.54 Å². The Hall–Kier alpha value is -2.08. The molecule has 138 valence electrons. The number of quaternary nitrogens is 1. The molecule has 0 radical (unpaired) electrons. The molecule has 1 fully saturated rings. The molecule has 1 aromatic carbocycles. The minimum absolute atomic E-state index is 0.0189. The first kappa shape index (κ1) is 19.2. The van der Waals surface area contributed by atoms with Gasteiger partial charge in [-0.2, -0.15) is 0 Å². The van der Waals surface area contributed by atoms with Crippen LogP contribution in [-0.4, -0.2) is 50.6 Å². The summed E-state index contributed by atoms with van der Waals surface area (Å²) in [5, 5.41) is 5.80. The van der Waals surface area contributed by atoms with Crippen molar-refractivity contribution in [2.45, 2.75) is 39.7 Å². The van der Waals surface area contributed by atoms with Crippen molar-refractivity contribution in [2.24, 2.45) is 0 Å². The largest absolute Gasteiger partial charge is 0.372 e. The Bertz CT molecular complexity index is 565. The second-order valence-corrected chi connectivity index (χ2v) is 6.97. The highest BCUT2D eigenvalue weighted by Gasteiger charge is 2.17. The van der Waals surface area contributed by atoms with Crippen molar-refractivity contribution in [3.63, 3.8) is 0 Å². The van der Waals surface area contributed by atoms with Crippen LogP contribution in [0.5, 0.6) is 0 Å². The van der Waals surface area contributed by atoms with Gasteiger partial charge in [-0.15, -0.1) is 0 Å². The van der Waals surface area contributed by atoms with Crippen LogP contribution in [0.25, 0.3) is 0 Å². The summed E-state index contributed by atoms with van der Waals surface area (Å²) in [6, 6.07) is 8.13. The molecule has 1 aliphatic rings. The molecule has 0 aliphatic carbocycles. The van der Waals surface area contributed by atoms with Gasteiger partial charge in [-0.05, 0) is 57.9 Å². The Labute approximate surface area is 150 Å². The zero-order chi connectivity index (χ0) is 18.2. The predicted molar refractivity (Wildman–Crippen MR) is 101 cm³/mol. The molecule has 6 nitrogen and oxygen atoms in total. The maximum atomic E-state index is 12.3. The highest BCUT2D eigenvalue weighted by atomic mass is 16.2. The molecule has 1 aromatic rings. The van der Waals surface area contributed by atoms with Gasteiger partial charge in [0.25, 0.3) is 11.8 Å². The molecule has 0 bridgehead atoms. The van der Waals surface area contributed by atoms with Crippen molar-refractivity contribution in [1.82, 2.24) is 5.32 Å². The topological polar surface area (TPSA) is 65.9 Å². The number of amides is 2. The summed E-state index contributed by atoms with van der Waals surface area (Å²) >= 11 is 0. The molecule has 3 N–H and O–H groups in total. The van der Waals surface area contributed by atoms with Crippen LogP contribution in [0.4, 0.5) is 11.4 Å². The highest BCUT2D eigenvalue weighted by molar-refractivity contribution is 5.91. The molecule has 0 saturated carbocycles. The number of carbonyl (C=O) groups is 2. The molecule has 1 unspecified atom stereocenters. The molecule has 0 spiro atoms. The summed E-state index contributed by atoms with van der Waals surface area (Å²) in [5.74, 6) is -0.0854. The number of benzene rings is 1. The van der Waals surface area contributed by atoms with Crippen LogP contribution in [0.2, 0.25) is 0 Å². The summed E-state index contributed by atoms with van der Waals surface area (Å²) in [4.78, 5) is 27.4. The molecular formula is C19H31N4O2+. The van der Waals surface area contributed by atoms with Crippen molar-refractivity contribution in [1.29, 1.82) is 0 Å². The predicted octanol–water partition coefficient (Wildman–Crippen LogP) is 0.655. The first-order chi connectivity index (χ1) is 12.0. The first-order valence-corrected chi connectivity index (χ1v) is 9.25. The van der Waals surface area contributed by atoms with Crippen LogP contribution >= 0.6 is 0 Å². The van der Waals surface area contributed by atoms with E-state index in [1.807, 2.05) is 32.9 Å². The zero-order valence-corrected chi connectivity index (χ0v) is 15.6. The molecule has 1 atom stereocenters. The van der Waals surface area contributed by atoms with Gasteiger partial charge in [-0.3, -0.25) is 9.59 Å². The van der Waals surface area contributed by atoms with E-state index in [0.717, 1.165) is 30.2 Å². The number of rotatable bonds is 8. The zero-order valence-electron chi connectivity index (χ0n) is 15.6. The van der Waals surface area contributed by atoms with E-state index in [2.05, 4.69) is 27.7 Å². The minimum atomic E-state index is -0.0666. The second-order valence-electron chi connectivity index (χ2n) is 6.97. The standard InChI is InChI=1S/C19H30N4O2/c1-4-22(13-18(24)20-15(2)3)14-19(25)21-16-7-9-17(10-8-16)23-11-5-6-12-23/h7-10,15H,4-6,11-14H2,1-3H3,(H,20,24)(H,21,25)/p+1. The van der Waals surface area contributed by atoms with Gasteiger partial charge in [0.15, 0.2) is 13.1 Å².